The van der Waals surface area contributed by atoms with Crippen LogP contribution in [0.4, 0.5) is 0 Å². The molecule has 0 saturated heterocycles. The van der Waals surface area contributed by atoms with E-state index >= 15 is 0 Å². The zero-order chi connectivity index (χ0) is 15.6. The van der Waals surface area contributed by atoms with Gasteiger partial charge in [0.1, 0.15) is 5.60 Å². The highest BCUT2D eigenvalue weighted by atomic mass is 16.6. The van der Waals surface area contributed by atoms with E-state index in [1.807, 2.05) is 27.7 Å². The normalized spacial score (nSPS) is 44.7. The maximum atomic E-state index is 12.9. The van der Waals surface area contributed by atoms with Crippen molar-refractivity contribution in [1.82, 2.24) is 0 Å². The molecule has 0 heterocycles. The van der Waals surface area contributed by atoms with Crippen LogP contribution in [0.3, 0.4) is 0 Å². The van der Waals surface area contributed by atoms with Crippen molar-refractivity contribution in [3.05, 3.63) is 0 Å². The maximum absolute atomic E-state index is 12.9. The minimum Gasteiger partial charge on any atom is -0.481 e. The third kappa shape index (κ3) is 1.94. The third-order valence-corrected chi connectivity index (χ3v) is 6.22. The van der Waals surface area contributed by atoms with Crippen LogP contribution in [0, 0.1) is 28.6 Å². The van der Waals surface area contributed by atoms with Gasteiger partial charge in [-0.2, -0.15) is 0 Å². The summed E-state index contributed by atoms with van der Waals surface area (Å²) in [5.74, 6) is 0.0223. The van der Waals surface area contributed by atoms with Gasteiger partial charge in [0.2, 0.25) is 0 Å². The fraction of sp³-hybridized carbons (Fsp3) is 0.882. The molecular weight excluding hydrogens is 268 g/mol. The van der Waals surface area contributed by atoms with Gasteiger partial charge in [0, 0.05) is 0 Å². The molecule has 4 bridgehead atoms. The summed E-state index contributed by atoms with van der Waals surface area (Å²) < 4.78 is 5.64. The molecule has 1 N–H and O–H groups in total. The van der Waals surface area contributed by atoms with Gasteiger partial charge >= 0.3 is 11.9 Å². The zero-order valence-electron chi connectivity index (χ0n) is 13.4. The van der Waals surface area contributed by atoms with Crippen molar-refractivity contribution < 1.29 is 19.4 Å². The van der Waals surface area contributed by atoms with Gasteiger partial charge in [-0.1, -0.05) is 0 Å². The average molecular weight is 294 g/mol. The van der Waals surface area contributed by atoms with E-state index in [-0.39, 0.29) is 11.9 Å². The van der Waals surface area contributed by atoms with E-state index in [2.05, 4.69) is 0 Å². The van der Waals surface area contributed by atoms with Crippen molar-refractivity contribution in [2.45, 2.75) is 65.4 Å². The van der Waals surface area contributed by atoms with E-state index in [0.29, 0.717) is 24.7 Å². The summed E-state index contributed by atoms with van der Waals surface area (Å²) in [5, 5.41) is 9.95. The fourth-order valence-electron chi connectivity index (χ4n) is 5.40. The summed E-state index contributed by atoms with van der Waals surface area (Å²) in [5.41, 5.74) is -2.36. The van der Waals surface area contributed by atoms with Gasteiger partial charge in [-0.25, -0.2) is 0 Å². The Labute approximate surface area is 126 Å². The Bertz CT molecular complexity index is 476. The molecule has 4 heteroatoms. The van der Waals surface area contributed by atoms with E-state index < -0.39 is 22.4 Å². The summed E-state index contributed by atoms with van der Waals surface area (Å²) in [4.78, 5) is 25.0. The van der Waals surface area contributed by atoms with Crippen LogP contribution in [0.5, 0.6) is 0 Å². The molecule has 4 nitrogen and oxygen atoms in total. The Morgan fingerprint density at radius 3 is 2.05 bits per heavy atom. The molecule has 3 unspecified atom stereocenters. The van der Waals surface area contributed by atoms with Crippen molar-refractivity contribution in [3.63, 3.8) is 0 Å². The number of ether oxygens (including phenoxy) is 1. The van der Waals surface area contributed by atoms with Crippen molar-refractivity contribution >= 4 is 11.9 Å². The van der Waals surface area contributed by atoms with E-state index in [9.17, 15) is 14.7 Å². The highest BCUT2D eigenvalue weighted by Crippen LogP contribution is 2.69. The highest BCUT2D eigenvalue weighted by molar-refractivity contribution is 5.88. The van der Waals surface area contributed by atoms with Crippen molar-refractivity contribution in [1.29, 1.82) is 0 Å². The number of rotatable bonds is 2. The Hall–Kier alpha value is -1.06. The fourth-order valence-corrected chi connectivity index (χ4v) is 5.40. The number of aliphatic carboxylic acids is 1. The first kappa shape index (κ1) is 14.9. The number of carboxylic acids is 1. The number of carbonyl (C=O) groups excluding carboxylic acids is 1. The van der Waals surface area contributed by atoms with Crippen LogP contribution in [-0.2, 0) is 14.3 Å². The van der Waals surface area contributed by atoms with Crippen LogP contribution in [-0.4, -0.2) is 22.6 Å². The lowest BCUT2D eigenvalue weighted by Crippen LogP contribution is -2.65. The maximum Gasteiger partial charge on any atom is 0.313 e. The Morgan fingerprint density at radius 1 is 1.10 bits per heavy atom. The summed E-state index contributed by atoms with van der Waals surface area (Å²) in [6, 6.07) is 0. The van der Waals surface area contributed by atoms with Gasteiger partial charge in [0.15, 0.2) is 0 Å². The van der Waals surface area contributed by atoms with Crippen molar-refractivity contribution in [2.24, 2.45) is 28.6 Å². The van der Waals surface area contributed by atoms with Gasteiger partial charge in [0.05, 0.1) is 10.8 Å². The molecular formula is C17H26O4. The van der Waals surface area contributed by atoms with Crippen molar-refractivity contribution in [3.8, 4) is 0 Å². The third-order valence-electron chi connectivity index (χ3n) is 6.22. The Kier molecular flexibility index (Phi) is 3.00. The topological polar surface area (TPSA) is 63.6 Å². The second-order valence-electron chi connectivity index (χ2n) is 8.64. The van der Waals surface area contributed by atoms with Crippen LogP contribution < -0.4 is 0 Å². The molecule has 4 fully saturated rings. The van der Waals surface area contributed by atoms with Crippen LogP contribution in [0.15, 0.2) is 0 Å². The monoisotopic (exact) mass is 294 g/mol. The van der Waals surface area contributed by atoms with E-state index in [4.69, 9.17) is 4.74 Å². The predicted octanol–water partition coefficient (Wildman–Crippen LogP) is 3.25. The molecule has 4 aliphatic rings. The largest absolute Gasteiger partial charge is 0.481 e. The molecule has 0 radical (unpaired) electrons. The molecule has 4 rings (SSSR count). The molecule has 21 heavy (non-hydrogen) atoms. The smallest absolute Gasteiger partial charge is 0.313 e. The molecule has 3 atom stereocenters. The molecule has 0 spiro atoms. The number of esters is 1. The number of carboxylic acid groups (broad SMARTS) is 1. The van der Waals surface area contributed by atoms with Crippen LogP contribution in [0.25, 0.3) is 0 Å². The summed E-state index contributed by atoms with van der Waals surface area (Å²) in [6.07, 6.45) is 4.41. The van der Waals surface area contributed by atoms with E-state index in [1.165, 1.54) is 0 Å². The van der Waals surface area contributed by atoms with Gasteiger partial charge in [-0.15, -0.1) is 0 Å². The SMILES string of the molecule is CC(C)(C)OC(=O)C1(C)C2CC3CC(C2)CC1(C(=O)O)C3. The molecule has 0 aromatic carbocycles. The minimum absolute atomic E-state index is 0.162. The average Bonchev–Trinajstić information content (AvgIpc) is 2.32. The zero-order valence-corrected chi connectivity index (χ0v) is 13.4. The summed E-state index contributed by atoms with van der Waals surface area (Å²) in [7, 11) is 0. The van der Waals surface area contributed by atoms with Gasteiger partial charge < -0.3 is 9.84 Å². The lowest BCUT2D eigenvalue weighted by atomic mass is 9.39. The van der Waals surface area contributed by atoms with Gasteiger partial charge in [-0.05, 0) is 77.6 Å². The molecule has 0 amide bonds. The molecule has 0 aromatic rings. The summed E-state index contributed by atoms with van der Waals surface area (Å²) in [6.45, 7) is 7.39. The quantitative estimate of drug-likeness (QED) is 0.794. The second-order valence-corrected chi connectivity index (χ2v) is 8.64. The van der Waals surface area contributed by atoms with Crippen molar-refractivity contribution in [2.75, 3.05) is 0 Å². The Morgan fingerprint density at radius 2 is 1.62 bits per heavy atom. The number of hydrogen-bond acceptors (Lipinski definition) is 3. The molecule has 4 aliphatic carbocycles. The lowest BCUT2D eigenvalue weighted by Gasteiger charge is -2.63. The number of carbonyl (C=O) groups is 2. The minimum atomic E-state index is -0.913. The highest BCUT2D eigenvalue weighted by Gasteiger charge is 2.70. The van der Waals surface area contributed by atoms with E-state index in [0.717, 1.165) is 19.3 Å². The Balaban J connectivity index is 2.02. The molecule has 4 saturated carbocycles. The van der Waals surface area contributed by atoms with E-state index in [1.54, 1.807) is 0 Å². The first-order valence-electron chi connectivity index (χ1n) is 8.05. The van der Waals surface area contributed by atoms with Crippen LogP contribution in [0.2, 0.25) is 0 Å². The molecule has 0 aliphatic heterocycles. The van der Waals surface area contributed by atoms with Gasteiger partial charge in [0.25, 0.3) is 0 Å². The first-order valence-corrected chi connectivity index (χ1v) is 8.05. The molecule has 118 valence electrons. The van der Waals surface area contributed by atoms with Gasteiger partial charge in [-0.3, -0.25) is 9.59 Å². The standard InChI is InChI=1S/C17H26O4/c1-15(2,3)21-14(20)16(4)12-6-10-5-11(7-12)9-17(16,8-10)13(18)19/h10-12H,5-9H2,1-4H3,(H,18,19). The second kappa shape index (κ2) is 4.23. The van der Waals surface area contributed by atoms with Crippen LogP contribution >= 0.6 is 0 Å². The number of hydrogen-bond donors (Lipinski definition) is 1. The first-order chi connectivity index (χ1) is 9.58. The lowest BCUT2D eigenvalue weighted by molar-refractivity contribution is -0.221. The molecule has 0 aromatic heterocycles. The summed E-state index contributed by atoms with van der Waals surface area (Å²) >= 11 is 0. The van der Waals surface area contributed by atoms with Crippen LogP contribution in [0.1, 0.15) is 59.8 Å². The predicted molar refractivity (Wildman–Crippen MR) is 77.6 cm³/mol.